The second kappa shape index (κ2) is 7.85. The quantitative estimate of drug-likeness (QED) is 0.791. The first-order valence-electron chi connectivity index (χ1n) is 10.2. The number of rotatable bonds is 3. The van der Waals surface area contributed by atoms with Crippen LogP contribution in [0.4, 0.5) is 5.69 Å². The summed E-state index contributed by atoms with van der Waals surface area (Å²) in [6.45, 7) is 7.46. The third-order valence-corrected chi connectivity index (χ3v) is 5.86. The van der Waals surface area contributed by atoms with Gasteiger partial charge >= 0.3 is 0 Å². The lowest BCUT2D eigenvalue weighted by Gasteiger charge is -2.36. The van der Waals surface area contributed by atoms with Gasteiger partial charge in [-0.3, -0.25) is 19.3 Å². The average Bonchev–Trinajstić information content (AvgIpc) is 3.36. The number of hydrogen-bond acceptors (Lipinski definition) is 5. The fourth-order valence-electron chi connectivity index (χ4n) is 4.32. The van der Waals surface area contributed by atoms with E-state index in [0.717, 1.165) is 62.6 Å². The SMILES string of the molecule is CC(=O)N1CCN(c2cc(C)nc([C@H]3CCCN3C(=O)c3cnn(C)c3)c2)CC1. The first-order chi connectivity index (χ1) is 13.9. The molecule has 2 saturated heterocycles. The lowest BCUT2D eigenvalue weighted by Crippen LogP contribution is -2.48. The Bertz CT molecular complexity index is 916. The van der Waals surface area contributed by atoms with Crippen molar-refractivity contribution in [2.24, 2.45) is 7.05 Å². The van der Waals surface area contributed by atoms with Crippen LogP contribution in [0, 0.1) is 6.92 Å². The number of amides is 2. The fraction of sp³-hybridized carbons (Fsp3) is 0.524. The molecule has 0 aliphatic carbocycles. The molecular weight excluding hydrogens is 368 g/mol. The van der Waals surface area contributed by atoms with Crippen LogP contribution in [0.3, 0.4) is 0 Å². The van der Waals surface area contributed by atoms with Gasteiger partial charge in [0.25, 0.3) is 5.91 Å². The summed E-state index contributed by atoms with van der Waals surface area (Å²) in [6.07, 6.45) is 5.28. The number of aromatic nitrogens is 3. The standard InChI is InChI=1S/C21H28N6O2/c1-15-11-18(26-9-7-25(8-10-26)16(2)28)12-19(23-15)20-5-4-6-27(20)21(29)17-13-22-24(3)14-17/h11-14,20H,4-10H2,1-3H3/t20-/m1/s1. The van der Waals surface area contributed by atoms with Crippen molar-refractivity contribution in [3.8, 4) is 0 Å². The van der Waals surface area contributed by atoms with Crippen LogP contribution in [0.1, 0.15) is 47.6 Å². The summed E-state index contributed by atoms with van der Waals surface area (Å²) in [5, 5.41) is 4.13. The summed E-state index contributed by atoms with van der Waals surface area (Å²) < 4.78 is 1.65. The van der Waals surface area contributed by atoms with Crippen molar-refractivity contribution >= 4 is 17.5 Å². The van der Waals surface area contributed by atoms with Gasteiger partial charge in [0, 0.05) is 64.3 Å². The monoisotopic (exact) mass is 396 g/mol. The lowest BCUT2D eigenvalue weighted by atomic mass is 10.1. The van der Waals surface area contributed by atoms with Crippen LogP contribution in [0.2, 0.25) is 0 Å². The third kappa shape index (κ3) is 3.97. The minimum absolute atomic E-state index is 0.0140. The molecule has 2 aliphatic rings. The molecule has 0 aromatic carbocycles. The van der Waals surface area contributed by atoms with Gasteiger partial charge in [-0.25, -0.2) is 0 Å². The van der Waals surface area contributed by atoms with E-state index in [2.05, 4.69) is 22.1 Å². The van der Waals surface area contributed by atoms with Crippen molar-refractivity contribution in [2.45, 2.75) is 32.7 Å². The maximum Gasteiger partial charge on any atom is 0.257 e. The van der Waals surface area contributed by atoms with Crippen LogP contribution in [0.25, 0.3) is 0 Å². The molecule has 2 aromatic heterocycles. The first-order valence-corrected chi connectivity index (χ1v) is 10.2. The number of pyridine rings is 1. The van der Waals surface area contributed by atoms with Crippen LogP contribution < -0.4 is 4.90 Å². The molecule has 8 heteroatoms. The van der Waals surface area contributed by atoms with E-state index in [-0.39, 0.29) is 17.9 Å². The molecule has 154 valence electrons. The van der Waals surface area contributed by atoms with Gasteiger partial charge in [0.15, 0.2) is 0 Å². The Kier molecular flexibility index (Phi) is 5.25. The number of hydrogen-bond donors (Lipinski definition) is 0. The van der Waals surface area contributed by atoms with Crippen molar-refractivity contribution < 1.29 is 9.59 Å². The molecule has 2 aromatic rings. The van der Waals surface area contributed by atoms with E-state index in [9.17, 15) is 9.59 Å². The zero-order chi connectivity index (χ0) is 20.5. The minimum Gasteiger partial charge on any atom is -0.368 e. The van der Waals surface area contributed by atoms with Gasteiger partial charge in [-0.2, -0.15) is 5.10 Å². The maximum absolute atomic E-state index is 13.0. The van der Waals surface area contributed by atoms with Gasteiger partial charge in [-0.05, 0) is 31.9 Å². The highest BCUT2D eigenvalue weighted by Gasteiger charge is 2.32. The number of carbonyl (C=O) groups excluding carboxylic acids is 2. The molecular formula is C21H28N6O2. The number of nitrogens with zero attached hydrogens (tertiary/aromatic N) is 6. The van der Waals surface area contributed by atoms with Crippen LogP contribution >= 0.6 is 0 Å². The number of anilines is 1. The number of likely N-dealkylation sites (tertiary alicyclic amines) is 1. The van der Waals surface area contributed by atoms with Gasteiger partial charge in [-0.1, -0.05) is 0 Å². The molecule has 0 unspecified atom stereocenters. The van der Waals surface area contributed by atoms with E-state index in [0.29, 0.717) is 5.56 Å². The molecule has 29 heavy (non-hydrogen) atoms. The van der Waals surface area contributed by atoms with Crippen LogP contribution in [-0.2, 0) is 11.8 Å². The van der Waals surface area contributed by atoms with Crippen molar-refractivity contribution in [1.82, 2.24) is 24.6 Å². The van der Waals surface area contributed by atoms with Gasteiger partial charge in [0.2, 0.25) is 5.91 Å². The van der Waals surface area contributed by atoms with E-state index in [4.69, 9.17) is 4.98 Å². The van der Waals surface area contributed by atoms with Gasteiger partial charge in [0.05, 0.1) is 23.5 Å². The summed E-state index contributed by atoms with van der Waals surface area (Å²) in [6, 6.07) is 4.20. The van der Waals surface area contributed by atoms with Gasteiger partial charge in [-0.15, -0.1) is 0 Å². The zero-order valence-corrected chi connectivity index (χ0v) is 17.3. The van der Waals surface area contributed by atoms with Gasteiger partial charge in [0.1, 0.15) is 0 Å². The topological polar surface area (TPSA) is 74.6 Å². The molecule has 2 amide bonds. The molecule has 0 spiro atoms. The average molecular weight is 396 g/mol. The zero-order valence-electron chi connectivity index (χ0n) is 17.3. The van der Waals surface area contributed by atoms with E-state index >= 15 is 0 Å². The Morgan fingerprint density at radius 3 is 2.52 bits per heavy atom. The summed E-state index contributed by atoms with van der Waals surface area (Å²) in [5.41, 5.74) is 3.64. The normalized spacial score (nSPS) is 19.7. The molecule has 4 rings (SSSR count). The Balaban J connectivity index is 1.55. The Labute approximate surface area is 171 Å². The maximum atomic E-state index is 13.0. The highest BCUT2D eigenvalue weighted by molar-refractivity contribution is 5.94. The van der Waals surface area contributed by atoms with E-state index in [1.807, 2.05) is 23.8 Å². The second-order valence-electron chi connectivity index (χ2n) is 7.94. The first kappa shape index (κ1) is 19.4. The Morgan fingerprint density at radius 2 is 1.86 bits per heavy atom. The molecule has 0 N–H and O–H groups in total. The highest BCUT2D eigenvalue weighted by Crippen LogP contribution is 2.34. The van der Waals surface area contributed by atoms with Crippen LogP contribution in [0.15, 0.2) is 24.5 Å². The Hall–Kier alpha value is -2.90. The van der Waals surface area contributed by atoms with Crippen LogP contribution in [-0.4, -0.2) is 69.1 Å². The van der Waals surface area contributed by atoms with Crippen molar-refractivity contribution in [1.29, 1.82) is 0 Å². The largest absolute Gasteiger partial charge is 0.368 e. The second-order valence-corrected chi connectivity index (χ2v) is 7.94. The fourth-order valence-corrected chi connectivity index (χ4v) is 4.32. The molecule has 2 fully saturated rings. The summed E-state index contributed by atoms with van der Waals surface area (Å²) in [7, 11) is 1.82. The molecule has 2 aliphatic heterocycles. The van der Waals surface area contributed by atoms with E-state index < -0.39 is 0 Å². The number of carbonyl (C=O) groups is 2. The molecule has 0 bridgehead atoms. The summed E-state index contributed by atoms with van der Waals surface area (Å²) >= 11 is 0. The lowest BCUT2D eigenvalue weighted by molar-refractivity contribution is -0.129. The number of piperazine rings is 1. The van der Waals surface area contributed by atoms with Crippen molar-refractivity contribution in [2.75, 3.05) is 37.6 Å². The molecule has 8 nitrogen and oxygen atoms in total. The van der Waals surface area contributed by atoms with E-state index in [1.54, 1.807) is 24.0 Å². The minimum atomic E-state index is -0.0140. The summed E-state index contributed by atoms with van der Waals surface area (Å²) in [5.74, 6) is 0.146. The third-order valence-electron chi connectivity index (χ3n) is 5.86. The predicted molar refractivity (Wildman–Crippen MR) is 110 cm³/mol. The summed E-state index contributed by atoms with van der Waals surface area (Å²) in [4.78, 5) is 35.5. The molecule has 4 heterocycles. The molecule has 0 saturated carbocycles. The molecule has 0 radical (unpaired) electrons. The van der Waals surface area contributed by atoms with Crippen molar-refractivity contribution in [3.05, 3.63) is 41.5 Å². The molecule has 1 atom stereocenters. The number of aryl methyl sites for hydroxylation is 2. The predicted octanol–water partition coefficient (Wildman–Crippen LogP) is 1.77. The van der Waals surface area contributed by atoms with Gasteiger partial charge < -0.3 is 14.7 Å². The highest BCUT2D eigenvalue weighted by atomic mass is 16.2. The smallest absolute Gasteiger partial charge is 0.257 e. The van der Waals surface area contributed by atoms with E-state index in [1.165, 1.54) is 0 Å². The van der Waals surface area contributed by atoms with Crippen molar-refractivity contribution in [3.63, 3.8) is 0 Å². The Morgan fingerprint density at radius 1 is 1.10 bits per heavy atom. The van der Waals surface area contributed by atoms with Crippen LogP contribution in [0.5, 0.6) is 0 Å².